The highest BCUT2D eigenvalue weighted by Gasteiger charge is 2.27. The molecule has 0 aliphatic heterocycles. The molecule has 0 atom stereocenters. The van der Waals surface area contributed by atoms with Gasteiger partial charge in [-0.25, -0.2) is 0 Å². The van der Waals surface area contributed by atoms with Crippen LogP contribution in [-0.4, -0.2) is 12.3 Å². The van der Waals surface area contributed by atoms with Crippen LogP contribution in [-0.2, 0) is 0 Å². The van der Waals surface area contributed by atoms with Gasteiger partial charge in [0.25, 0.3) is 0 Å². The Labute approximate surface area is 71.6 Å². The second-order valence-electron chi connectivity index (χ2n) is 3.43. The maximum Gasteiger partial charge on any atom is 0.172 e. The van der Waals surface area contributed by atoms with Gasteiger partial charge in [-0.15, -0.1) is 0 Å². The molecule has 66 valence electrons. The Morgan fingerprint density at radius 3 is 2.75 bits per heavy atom. The normalized spacial score (nSPS) is 11.6. The number of carbonyl (C=O) groups excluding carboxylic acids is 1. The largest absolute Gasteiger partial charge is 0.472 e. The fourth-order valence-corrected chi connectivity index (χ4v) is 0.877. The number of ketones is 1. The van der Waals surface area contributed by atoms with Crippen molar-refractivity contribution in [1.82, 2.24) is 0 Å². The lowest BCUT2D eigenvalue weighted by Gasteiger charge is -2.19. The third-order valence-corrected chi connectivity index (χ3v) is 1.91. The molecule has 0 aromatic carbocycles. The molecule has 0 amide bonds. The van der Waals surface area contributed by atoms with Crippen LogP contribution in [0.2, 0.25) is 0 Å². The Morgan fingerprint density at radius 1 is 1.67 bits per heavy atom. The summed E-state index contributed by atoms with van der Waals surface area (Å²) in [6.45, 7) is 3.99. The van der Waals surface area contributed by atoms with Crippen LogP contribution in [0.5, 0.6) is 0 Å². The molecule has 1 aromatic heterocycles. The van der Waals surface area contributed by atoms with Gasteiger partial charge in [0.2, 0.25) is 0 Å². The maximum absolute atomic E-state index is 11.6. The van der Waals surface area contributed by atoms with Crippen LogP contribution in [0.3, 0.4) is 0 Å². The first kappa shape index (κ1) is 9.00. The smallest absolute Gasteiger partial charge is 0.172 e. The summed E-state index contributed by atoms with van der Waals surface area (Å²) >= 11 is 0. The van der Waals surface area contributed by atoms with Crippen molar-refractivity contribution in [2.45, 2.75) is 13.8 Å². The van der Waals surface area contributed by atoms with E-state index in [1.54, 1.807) is 6.07 Å². The first-order chi connectivity index (χ1) is 5.58. The summed E-state index contributed by atoms with van der Waals surface area (Å²) in [4.78, 5) is 11.6. The van der Waals surface area contributed by atoms with Crippen LogP contribution >= 0.6 is 0 Å². The summed E-state index contributed by atoms with van der Waals surface area (Å²) in [7, 11) is 0. The predicted molar refractivity (Wildman–Crippen MR) is 45.9 cm³/mol. The van der Waals surface area contributed by atoms with Gasteiger partial charge in [0.1, 0.15) is 6.26 Å². The zero-order valence-electron chi connectivity index (χ0n) is 7.33. The van der Waals surface area contributed by atoms with Gasteiger partial charge in [0.05, 0.1) is 11.8 Å². The number of carbonyl (C=O) groups is 1. The van der Waals surface area contributed by atoms with E-state index < -0.39 is 5.41 Å². The van der Waals surface area contributed by atoms with Crippen molar-refractivity contribution >= 4 is 5.78 Å². The van der Waals surface area contributed by atoms with Gasteiger partial charge in [-0.2, -0.15) is 0 Å². The van der Waals surface area contributed by atoms with Crippen LogP contribution in [0.4, 0.5) is 0 Å². The third kappa shape index (κ3) is 1.56. The Kier molecular flexibility index (Phi) is 2.33. The van der Waals surface area contributed by atoms with Gasteiger partial charge < -0.3 is 10.2 Å². The molecule has 0 radical (unpaired) electrons. The zero-order valence-corrected chi connectivity index (χ0v) is 7.33. The maximum atomic E-state index is 11.6. The van der Waals surface area contributed by atoms with E-state index in [1.165, 1.54) is 12.5 Å². The van der Waals surface area contributed by atoms with Crippen molar-refractivity contribution in [2.24, 2.45) is 11.1 Å². The van der Waals surface area contributed by atoms with Crippen LogP contribution in [0, 0.1) is 5.41 Å². The number of rotatable bonds is 3. The van der Waals surface area contributed by atoms with Gasteiger partial charge in [0, 0.05) is 12.0 Å². The van der Waals surface area contributed by atoms with E-state index in [-0.39, 0.29) is 5.78 Å². The fourth-order valence-electron chi connectivity index (χ4n) is 0.877. The van der Waals surface area contributed by atoms with Gasteiger partial charge in [0.15, 0.2) is 5.78 Å². The van der Waals surface area contributed by atoms with Crippen molar-refractivity contribution < 1.29 is 9.21 Å². The van der Waals surface area contributed by atoms with Gasteiger partial charge in [-0.1, -0.05) is 13.8 Å². The number of hydrogen-bond donors (Lipinski definition) is 1. The molecule has 1 heterocycles. The molecule has 1 aromatic rings. The van der Waals surface area contributed by atoms with E-state index in [0.29, 0.717) is 12.1 Å². The molecule has 0 spiro atoms. The van der Waals surface area contributed by atoms with E-state index in [4.69, 9.17) is 10.2 Å². The second-order valence-corrected chi connectivity index (χ2v) is 3.43. The van der Waals surface area contributed by atoms with Crippen molar-refractivity contribution in [2.75, 3.05) is 6.54 Å². The number of furan rings is 1. The zero-order chi connectivity index (χ0) is 9.19. The summed E-state index contributed by atoms with van der Waals surface area (Å²) < 4.78 is 4.81. The lowest BCUT2D eigenvalue weighted by molar-refractivity contribution is 0.0847. The summed E-state index contributed by atoms with van der Waals surface area (Å²) in [6, 6.07) is 1.65. The average Bonchev–Trinajstić information content (AvgIpc) is 2.55. The van der Waals surface area contributed by atoms with Crippen molar-refractivity contribution in [3.05, 3.63) is 24.2 Å². The SMILES string of the molecule is CC(C)(CN)C(=O)c1ccoc1. The quantitative estimate of drug-likeness (QED) is 0.693. The van der Waals surface area contributed by atoms with Crippen LogP contribution in [0.15, 0.2) is 23.0 Å². The molecule has 0 saturated heterocycles. The van der Waals surface area contributed by atoms with Crippen LogP contribution in [0.25, 0.3) is 0 Å². The standard InChI is InChI=1S/C9H13NO2/c1-9(2,6-10)8(11)7-3-4-12-5-7/h3-5H,6,10H2,1-2H3. The lowest BCUT2D eigenvalue weighted by Crippen LogP contribution is -2.32. The van der Waals surface area contributed by atoms with Gasteiger partial charge >= 0.3 is 0 Å². The molecule has 0 saturated carbocycles. The number of hydrogen-bond acceptors (Lipinski definition) is 3. The monoisotopic (exact) mass is 167 g/mol. The minimum atomic E-state index is -0.496. The minimum absolute atomic E-state index is 0.0266. The molecule has 0 aliphatic carbocycles. The molecule has 2 N–H and O–H groups in total. The summed E-state index contributed by atoms with van der Waals surface area (Å²) in [5.41, 5.74) is 5.55. The molecule has 0 aliphatic rings. The number of nitrogens with two attached hydrogens (primary N) is 1. The molecule has 0 unspecified atom stereocenters. The first-order valence-electron chi connectivity index (χ1n) is 3.85. The summed E-state index contributed by atoms with van der Waals surface area (Å²) in [5.74, 6) is 0.0266. The van der Waals surface area contributed by atoms with E-state index >= 15 is 0 Å². The molecular weight excluding hydrogens is 154 g/mol. The van der Waals surface area contributed by atoms with E-state index in [0.717, 1.165) is 0 Å². The molecule has 3 nitrogen and oxygen atoms in total. The summed E-state index contributed by atoms with van der Waals surface area (Å²) in [6.07, 6.45) is 2.93. The molecule has 12 heavy (non-hydrogen) atoms. The van der Waals surface area contributed by atoms with Crippen molar-refractivity contribution in [3.8, 4) is 0 Å². The summed E-state index contributed by atoms with van der Waals surface area (Å²) in [5, 5.41) is 0. The minimum Gasteiger partial charge on any atom is -0.472 e. The molecule has 0 bridgehead atoms. The van der Waals surface area contributed by atoms with E-state index in [2.05, 4.69) is 0 Å². The molecular formula is C9H13NO2. The topological polar surface area (TPSA) is 56.2 Å². The Hall–Kier alpha value is -1.09. The predicted octanol–water partition coefficient (Wildman–Crippen LogP) is 1.45. The number of Topliss-reactive ketones (excluding diaryl/α,β-unsaturated/α-hetero) is 1. The molecule has 1 rings (SSSR count). The van der Waals surface area contributed by atoms with E-state index in [1.807, 2.05) is 13.8 Å². The first-order valence-corrected chi connectivity index (χ1v) is 3.85. The Morgan fingerprint density at radius 2 is 2.33 bits per heavy atom. The van der Waals surface area contributed by atoms with Crippen LogP contribution < -0.4 is 5.73 Å². The van der Waals surface area contributed by atoms with Gasteiger partial charge in [-0.3, -0.25) is 4.79 Å². The molecule has 0 fully saturated rings. The molecule has 3 heteroatoms. The highest BCUT2D eigenvalue weighted by Crippen LogP contribution is 2.20. The van der Waals surface area contributed by atoms with Gasteiger partial charge in [-0.05, 0) is 6.07 Å². The lowest BCUT2D eigenvalue weighted by atomic mass is 9.85. The van der Waals surface area contributed by atoms with Crippen molar-refractivity contribution in [3.63, 3.8) is 0 Å². The highest BCUT2D eigenvalue weighted by molar-refractivity contribution is 5.99. The van der Waals surface area contributed by atoms with Crippen LogP contribution in [0.1, 0.15) is 24.2 Å². The average molecular weight is 167 g/mol. The van der Waals surface area contributed by atoms with Crippen molar-refractivity contribution in [1.29, 1.82) is 0 Å². The second kappa shape index (κ2) is 3.11. The highest BCUT2D eigenvalue weighted by atomic mass is 16.3. The Bertz CT molecular complexity index is 262. The Balaban J connectivity index is 2.86. The third-order valence-electron chi connectivity index (χ3n) is 1.91. The fraction of sp³-hybridized carbons (Fsp3) is 0.444. The van der Waals surface area contributed by atoms with E-state index in [9.17, 15) is 4.79 Å².